The van der Waals surface area contributed by atoms with E-state index in [4.69, 9.17) is 0 Å². The summed E-state index contributed by atoms with van der Waals surface area (Å²) in [5.74, 6) is -0.296. The number of thiazole rings is 1. The van der Waals surface area contributed by atoms with Gasteiger partial charge >= 0.3 is 0 Å². The summed E-state index contributed by atoms with van der Waals surface area (Å²) in [6.07, 6.45) is 0. The van der Waals surface area contributed by atoms with Crippen molar-refractivity contribution in [1.82, 2.24) is 20.0 Å². The highest BCUT2D eigenvalue weighted by Gasteiger charge is 2.12. The third kappa shape index (κ3) is 2.77. The van der Waals surface area contributed by atoms with Crippen LogP contribution < -0.4 is 5.43 Å². The molecule has 6 nitrogen and oxygen atoms in total. The fourth-order valence-corrected chi connectivity index (χ4v) is 2.49. The number of hydrogen-bond donors (Lipinski definition) is 1. The van der Waals surface area contributed by atoms with Crippen LogP contribution in [0.25, 0.3) is 0 Å². The van der Waals surface area contributed by atoms with Crippen molar-refractivity contribution in [3.8, 4) is 0 Å². The molecule has 0 saturated heterocycles. The average Bonchev–Trinajstić information content (AvgIpc) is 2.94. The molecule has 0 aliphatic heterocycles. The van der Waals surface area contributed by atoms with Gasteiger partial charge in [0.1, 0.15) is 9.88 Å². The molecule has 0 aromatic carbocycles. The molecule has 0 radical (unpaired) electrons. The first kappa shape index (κ1) is 12.8. The maximum Gasteiger partial charge on any atom is 0.285 e. The fraction of sp³-hybridized carbons (Fsp3) is 0.300. The van der Waals surface area contributed by atoms with Crippen LogP contribution in [0.3, 0.4) is 0 Å². The Balaban J connectivity index is 2.07. The molecule has 18 heavy (non-hydrogen) atoms. The molecule has 94 valence electrons. The van der Waals surface area contributed by atoms with E-state index in [0.717, 1.165) is 22.2 Å². The van der Waals surface area contributed by atoms with Gasteiger partial charge in [0.05, 0.1) is 11.4 Å². The second-order valence-electron chi connectivity index (χ2n) is 3.62. The van der Waals surface area contributed by atoms with E-state index in [1.807, 2.05) is 12.3 Å². The SMILES string of the molecule is CC(=NNC(=O)c1snnc1C)c1nc(C)cs1. The molecule has 2 aromatic rings. The van der Waals surface area contributed by atoms with Crippen molar-refractivity contribution in [2.24, 2.45) is 5.10 Å². The second kappa shape index (κ2) is 5.32. The van der Waals surface area contributed by atoms with Crippen molar-refractivity contribution < 1.29 is 4.79 Å². The molecule has 0 aliphatic rings. The van der Waals surface area contributed by atoms with Gasteiger partial charge in [-0.3, -0.25) is 4.79 Å². The van der Waals surface area contributed by atoms with Crippen molar-refractivity contribution in [2.45, 2.75) is 20.8 Å². The monoisotopic (exact) mass is 281 g/mol. The lowest BCUT2D eigenvalue weighted by molar-refractivity contribution is 0.0958. The maximum absolute atomic E-state index is 11.8. The Hall–Kier alpha value is -1.67. The number of rotatable bonds is 3. The quantitative estimate of drug-likeness (QED) is 0.686. The van der Waals surface area contributed by atoms with Gasteiger partial charge in [-0.05, 0) is 32.3 Å². The van der Waals surface area contributed by atoms with Crippen molar-refractivity contribution in [1.29, 1.82) is 0 Å². The number of amides is 1. The van der Waals surface area contributed by atoms with Crippen LogP contribution in [-0.2, 0) is 0 Å². The summed E-state index contributed by atoms with van der Waals surface area (Å²) in [6.45, 7) is 5.45. The Kier molecular flexibility index (Phi) is 3.78. The zero-order chi connectivity index (χ0) is 13.1. The van der Waals surface area contributed by atoms with Gasteiger partial charge < -0.3 is 0 Å². The van der Waals surface area contributed by atoms with Crippen LogP contribution >= 0.6 is 22.9 Å². The van der Waals surface area contributed by atoms with Crippen molar-refractivity contribution in [2.75, 3.05) is 0 Å². The summed E-state index contributed by atoms with van der Waals surface area (Å²) < 4.78 is 3.70. The fourth-order valence-electron chi connectivity index (χ4n) is 1.19. The highest BCUT2D eigenvalue weighted by atomic mass is 32.1. The lowest BCUT2D eigenvalue weighted by Gasteiger charge is -1.98. The summed E-state index contributed by atoms with van der Waals surface area (Å²) in [7, 11) is 0. The van der Waals surface area contributed by atoms with E-state index in [-0.39, 0.29) is 5.91 Å². The summed E-state index contributed by atoms with van der Waals surface area (Å²) in [4.78, 5) is 16.5. The first-order valence-electron chi connectivity index (χ1n) is 5.14. The molecule has 0 fully saturated rings. The Morgan fingerprint density at radius 2 is 2.22 bits per heavy atom. The first-order valence-corrected chi connectivity index (χ1v) is 6.79. The van der Waals surface area contributed by atoms with Crippen LogP contribution in [0.2, 0.25) is 0 Å². The van der Waals surface area contributed by atoms with Crippen molar-refractivity contribution in [3.05, 3.63) is 26.7 Å². The Morgan fingerprint density at radius 3 is 2.78 bits per heavy atom. The number of carbonyl (C=O) groups excluding carboxylic acids is 1. The zero-order valence-corrected chi connectivity index (χ0v) is 11.7. The number of nitrogens with zero attached hydrogens (tertiary/aromatic N) is 4. The summed E-state index contributed by atoms with van der Waals surface area (Å²) in [5.41, 5.74) is 4.71. The second-order valence-corrected chi connectivity index (χ2v) is 5.23. The number of carbonyl (C=O) groups is 1. The van der Waals surface area contributed by atoms with Gasteiger partial charge in [0.2, 0.25) is 0 Å². The minimum absolute atomic E-state index is 0.296. The minimum atomic E-state index is -0.296. The standard InChI is InChI=1S/C10H11N5OS2/c1-5-4-17-10(11-5)7(3)12-14-9(16)8-6(2)13-15-18-8/h4H,1-3H3,(H,14,16). The molecular weight excluding hydrogens is 270 g/mol. The highest BCUT2D eigenvalue weighted by molar-refractivity contribution is 7.11. The van der Waals surface area contributed by atoms with E-state index < -0.39 is 0 Å². The predicted octanol–water partition coefficient (Wildman–Crippen LogP) is 1.77. The molecule has 0 spiro atoms. The van der Waals surface area contributed by atoms with Crippen molar-refractivity contribution in [3.63, 3.8) is 0 Å². The van der Waals surface area contributed by atoms with Crippen LogP contribution in [-0.4, -0.2) is 26.2 Å². The van der Waals surface area contributed by atoms with E-state index >= 15 is 0 Å². The third-order valence-electron chi connectivity index (χ3n) is 2.11. The van der Waals surface area contributed by atoms with Gasteiger partial charge in [0.25, 0.3) is 5.91 Å². The number of aromatic nitrogens is 3. The van der Waals surface area contributed by atoms with Gasteiger partial charge in [-0.25, -0.2) is 10.4 Å². The van der Waals surface area contributed by atoms with Crippen molar-refractivity contribution >= 4 is 34.5 Å². The Morgan fingerprint density at radius 1 is 1.44 bits per heavy atom. The van der Waals surface area contributed by atoms with Gasteiger partial charge in [0, 0.05) is 11.1 Å². The predicted molar refractivity (Wildman–Crippen MR) is 71.2 cm³/mol. The first-order chi connectivity index (χ1) is 8.58. The molecule has 8 heteroatoms. The Labute approximate surface area is 112 Å². The van der Waals surface area contributed by atoms with E-state index in [9.17, 15) is 4.79 Å². The molecule has 0 bridgehead atoms. The third-order valence-corrected chi connectivity index (χ3v) is 4.01. The van der Waals surface area contributed by atoms with Crippen LogP contribution in [0.4, 0.5) is 0 Å². The molecule has 1 N–H and O–H groups in total. The summed E-state index contributed by atoms with van der Waals surface area (Å²) >= 11 is 2.55. The van der Waals surface area contributed by atoms with Gasteiger partial charge in [-0.2, -0.15) is 5.10 Å². The van der Waals surface area contributed by atoms with E-state index in [1.54, 1.807) is 13.8 Å². The van der Waals surface area contributed by atoms with Gasteiger partial charge in [0.15, 0.2) is 0 Å². The van der Waals surface area contributed by atoms with Gasteiger partial charge in [-0.15, -0.1) is 16.4 Å². The van der Waals surface area contributed by atoms with Crippen LogP contribution in [0, 0.1) is 13.8 Å². The van der Waals surface area contributed by atoms with E-state index in [1.165, 1.54) is 11.3 Å². The van der Waals surface area contributed by atoms with Crippen LogP contribution in [0.5, 0.6) is 0 Å². The molecule has 0 unspecified atom stereocenters. The molecule has 0 saturated carbocycles. The summed E-state index contributed by atoms with van der Waals surface area (Å²) in [6, 6.07) is 0. The average molecular weight is 281 g/mol. The minimum Gasteiger partial charge on any atom is -0.266 e. The number of hydrogen-bond acceptors (Lipinski definition) is 7. The topological polar surface area (TPSA) is 80.1 Å². The molecule has 0 aliphatic carbocycles. The van der Waals surface area contributed by atoms with Crippen LogP contribution in [0.1, 0.15) is 33.0 Å². The number of nitrogens with one attached hydrogen (secondary N) is 1. The zero-order valence-electron chi connectivity index (χ0n) is 10.1. The molecule has 2 heterocycles. The van der Waals surface area contributed by atoms with Crippen LogP contribution in [0.15, 0.2) is 10.5 Å². The number of aryl methyl sites for hydroxylation is 2. The van der Waals surface area contributed by atoms with E-state index in [2.05, 4.69) is 25.1 Å². The summed E-state index contributed by atoms with van der Waals surface area (Å²) in [5, 5.41) is 10.5. The van der Waals surface area contributed by atoms with Gasteiger partial charge in [-0.1, -0.05) is 4.49 Å². The molecular formula is C10H11N5OS2. The molecule has 1 amide bonds. The van der Waals surface area contributed by atoms with E-state index in [0.29, 0.717) is 16.3 Å². The maximum atomic E-state index is 11.8. The molecule has 0 atom stereocenters. The molecule has 2 aromatic heterocycles. The largest absolute Gasteiger partial charge is 0.285 e. The Bertz CT molecular complexity index is 601. The normalized spacial score (nSPS) is 11.6. The lowest BCUT2D eigenvalue weighted by Crippen LogP contribution is -2.19. The number of hydrazone groups is 1. The molecule has 2 rings (SSSR count). The highest BCUT2D eigenvalue weighted by Crippen LogP contribution is 2.10. The smallest absolute Gasteiger partial charge is 0.266 e. The lowest BCUT2D eigenvalue weighted by atomic mass is 10.4.